The van der Waals surface area contributed by atoms with Crippen LogP contribution in [0.2, 0.25) is 0 Å². The second-order valence-electron chi connectivity index (χ2n) is 3.11. The predicted octanol–water partition coefficient (Wildman–Crippen LogP) is 2.85. The lowest BCUT2D eigenvalue weighted by Gasteiger charge is -2.05. The average molecular weight is 264 g/mol. The zero-order chi connectivity index (χ0) is 10.5. The fraction of sp³-hybridized carbons (Fsp3) is 0.0909. The van der Waals surface area contributed by atoms with E-state index in [4.69, 9.17) is 0 Å². The molecule has 0 bridgehead atoms. The number of nitrogens with zero attached hydrogens (tertiary/aromatic N) is 2. The second kappa shape index (κ2) is 4.89. The van der Waals surface area contributed by atoms with Gasteiger partial charge in [-0.25, -0.2) is 9.97 Å². The van der Waals surface area contributed by atoms with Crippen molar-refractivity contribution >= 4 is 21.6 Å². The topological polar surface area (TPSA) is 37.8 Å². The van der Waals surface area contributed by atoms with E-state index in [0.29, 0.717) is 0 Å². The van der Waals surface area contributed by atoms with E-state index in [1.807, 2.05) is 24.3 Å². The molecule has 15 heavy (non-hydrogen) atoms. The molecular weight excluding hydrogens is 254 g/mol. The predicted molar refractivity (Wildman–Crippen MR) is 63.5 cm³/mol. The number of hydrogen-bond acceptors (Lipinski definition) is 3. The van der Waals surface area contributed by atoms with Gasteiger partial charge in [-0.05, 0) is 24.3 Å². The molecule has 2 aromatic rings. The minimum absolute atomic E-state index is 0.739. The van der Waals surface area contributed by atoms with E-state index in [1.165, 1.54) is 6.33 Å². The molecular formula is C11H10BrN3. The Hall–Kier alpha value is -1.42. The highest BCUT2D eigenvalue weighted by Gasteiger charge is 1.93. The third-order valence-corrected chi connectivity index (χ3v) is 2.48. The van der Waals surface area contributed by atoms with Gasteiger partial charge in [-0.1, -0.05) is 15.9 Å². The molecule has 0 radical (unpaired) electrons. The van der Waals surface area contributed by atoms with Gasteiger partial charge in [0.2, 0.25) is 0 Å². The number of nitrogens with one attached hydrogen (secondary N) is 1. The summed E-state index contributed by atoms with van der Waals surface area (Å²) in [5, 5.41) is 3.29. The van der Waals surface area contributed by atoms with Crippen LogP contribution in [0.5, 0.6) is 0 Å². The minimum atomic E-state index is 0.739. The van der Waals surface area contributed by atoms with Crippen molar-refractivity contribution in [2.45, 2.75) is 6.54 Å². The van der Waals surface area contributed by atoms with Crippen LogP contribution >= 0.6 is 15.9 Å². The van der Waals surface area contributed by atoms with Crippen LogP contribution in [0, 0.1) is 0 Å². The van der Waals surface area contributed by atoms with Gasteiger partial charge in [0.25, 0.3) is 0 Å². The van der Waals surface area contributed by atoms with E-state index in [1.54, 1.807) is 12.4 Å². The van der Waals surface area contributed by atoms with Gasteiger partial charge in [0.05, 0.1) is 0 Å². The number of rotatable bonds is 3. The minimum Gasteiger partial charge on any atom is -0.381 e. The maximum Gasteiger partial charge on any atom is 0.115 e. The first-order chi connectivity index (χ1) is 7.34. The van der Waals surface area contributed by atoms with Crippen molar-refractivity contribution in [3.63, 3.8) is 0 Å². The lowest BCUT2D eigenvalue weighted by Crippen LogP contribution is -1.99. The van der Waals surface area contributed by atoms with Crippen LogP contribution in [0.4, 0.5) is 5.69 Å². The van der Waals surface area contributed by atoms with E-state index in [2.05, 4.69) is 31.2 Å². The Kier molecular flexibility index (Phi) is 3.29. The maximum absolute atomic E-state index is 3.95. The molecule has 1 N–H and O–H groups in total. The summed E-state index contributed by atoms with van der Waals surface area (Å²) < 4.78 is 1.08. The Balaban J connectivity index is 1.96. The lowest BCUT2D eigenvalue weighted by atomic mass is 10.3. The summed E-state index contributed by atoms with van der Waals surface area (Å²) in [5.74, 6) is 0. The third-order valence-electron chi connectivity index (χ3n) is 1.95. The normalized spacial score (nSPS) is 9.93. The second-order valence-corrected chi connectivity index (χ2v) is 4.02. The molecule has 1 aromatic heterocycles. The fourth-order valence-electron chi connectivity index (χ4n) is 1.19. The van der Waals surface area contributed by atoms with Gasteiger partial charge in [0.15, 0.2) is 0 Å². The number of halogens is 1. The molecule has 0 spiro atoms. The van der Waals surface area contributed by atoms with Crippen molar-refractivity contribution in [1.29, 1.82) is 0 Å². The molecule has 0 amide bonds. The van der Waals surface area contributed by atoms with Crippen LogP contribution < -0.4 is 5.32 Å². The summed E-state index contributed by atoms with van der Waals surface area (Å²) in [6.07, 6.45) is 5.14. The number of benzene rings is 1. The van der Waals surface area contributed by atoms with Crippen molar-refractivity contribution in [1.82, 2.24) is 9.97 Å². The van der Waals surface area contributed by atoms with Crippen LogP contribution in [0.25, 0.3) is 0 Å². The Labute approximate surface area is 96.7 Å². The molecule has 0 atom stereocenters. The summed E-state index contributed by atoms with van der Waals surface area (Å²) in [5.41, 5.74) is 2.16. The molecule has 0 saturated carbocycles. The monoisotopic (exact) mass is 263 g/mol. The first kappa shape index (κ1) is 10.1. The highest BCUT2D eigenvalue weighted by atomic mass is 79.9. The van der Waals surface area contributed by atoms with Crippen LogP contribution in [-0.2, 0) is 6.54 Å². The summed E-state index contributed by atoms with van der Waals surface area (Å²) in [4.78, 5) is 7.90. The lowest BCUT2D eigenvalue weighted by molar-refractivity contribution is 1.05. The van der Waals surface area contributed by atoms with Crippen molar-refractivity contribution in [2.24, 2.45) is 0 Å². The van der Waals surface area contributed by atoms with E-state index in [-0.39, 0.29) is 0 Å². The van der Waals surface area contributed by atoms with Crippen molar-refractivity contribution in [3.05, 3.63) is 53.0 Å². The van der Waals surface area contributed by atoms with Crippen molar-refractivity contribution < 1.29 is 0 Å². The van der Waals surface area contributed by atoms with Gasteiger partial charge in [-0.3, -0.25) is 0 Å². The summed E-state index contributed by atoms with van der Waals surface area (Å²) >= 11 is 3.39. The van der Waals surface area contributed by atoms with Crippen LogP contribution in [0.1, 0.15) is 5.56 Å². The van der Waals surface area contributed by atoms with E-state index in [9.17, 15) is 0 Å². The molecule has 3 nitrogen and oxygen atoms in total. The van der Waals surface area contributed by atoms with Gasteiger partial charge in [-0.2, -0.15) is 0 Å². The molecule has 0 aliphatic rings. The summed E-state index contributed by atoms with van der Waals surface area (Å²) in [6.45, 7) is 0.739. The van der Waals surface area contributed by atoms with Crippen LogP contribution in [-0.4, -0.2) is 9.97 Å². The Morgan fingerprint density at radius 1 is 1.07 bits per heavy atom. The molecule has 1 aromatic carbocycles. The van der Waals surface area contributed by atoms with Gasteiger partial charge in [0.1, 0.15) is 6.33 Å². The van der Waals surface area contributed by atoms with Gasteiger partial charge in [0, 0.05) is 34.7 Å². The standard InChI is InChI=1S/C11H10BrN3/c12-10-1-3-11(4-2-10)15-7-9-5-13-8-14-6-9/h1-6,8,15H,7H2. The fourth-order valence-corrected chi connectivity index (χ4v) is 1.46. The number of hydrogen-bond donors (Lipinski definition) is 1. The molecule has 2 rings (SSSR count). The number of aromatic nitrogens is 2. The average Bonchev–Trinajstić information content (AvgIpc) is 2.30. The molecule has 0 unspecified atom stereocenters. The van der Waals surface area contributed by atoms with Gasteiger partial charge in [-0.15, -0.1) is 0 Å². The zero-order valence-corrected chi connectivity index (χ0v) is 9.61. The van der Waals surface area contributed by atoms with Gasteiger partial charge < -0.3 is 5.32 Å². The first-order valence-corrected chi connectivity index (χ1v) is 5.37. The van der Waals surface area contributed by atoms with Crippen molar-refractivity contribution in [2.75, 3.05) is 5.32 Å². The van der Waals surface area contributed by atoms with Crippen LogP contribution in [0.15, 0.2) is 47.5 Å². The van der Waals surface area contributed by atoms with E-state index < -0.39 is 0 Å². The van der Waals surface area contributed by atoms with Gasteiger partial charge >= 0.3 is 0 Å². The summed E-state index contributed by atoms with van der Waals surface area (Å²) in [7, 11) is 0. The molecule has 76 valence electrons. The molecule has 0 saturated heterocycles. The Morgan fingerprint density at radius 3 is 2.40 bits per heavy atom. The SMILES string of the molecule is Brc1ccc(NCc2cncnc2)cc1. The van der Waals surface area contributed by atoms with Crippen LogP contribution in [0.3, 0.4) is 0 Å². The molecule has 4 heteroatoms. The molecule has 0 aliphatic carbocycles. The molecule has 0 fully saturated rings. The third kappa shape index (κ3) is 3.02. The molecule has 1 heterocycles. The first-order valence-electron chi connectivity index (χ1n) is 4.58. The maximum atomic E-state index is 3.95. The Bertz CT molecular complexity index is 414. The highest BCUT2D eigenvalue weighted by molar-refractivity contribution is 9.10. The molecule has 0 aliphatic heterocycles. The van der Waals surface area contributed by atoms with Crippen molar-refractivity contribution in [3.8, 4) is 0 Å². The smallest absolute Gasteiger partial charge is 0.115 e. The van der Waals surface area contributed by atoms with E-state index >= 15 is 0 Å². The summed E-state index contributed by atoms with van der Waals surface area (Å²) in [6, 6.07) is 8.05. The zero-order valence-electron chi connectivity index (χ0n) is 8.02. The largest absolute Gasteiger partial charge is 0.381 e. The highest BCUT2D eigenvalue weighted by Crippen LogP contribution is 2.14. The quantitative estimate of drug-likeness (QED) is 0.926. The number of anilines is 1. The van der Waals surface area contributed by atoms with E-state index in [0.717, 1.165) is 22.3 Å². The Morgan fingerprint density at radius 2 is 1.73 bits per heavy atom.